The number of benzene rings is 1. The fourth-order valence-electron chi connectivity index (χ4n) is 1.29. The van der Waals surface area contributed by atoms with Crippen LogP contribution in [0.2, 0.25) is 0 Å². The molecule has 16 heavy (non-hydrogen) atoms. The number of hydrogen-bond donors (Lipinski definition) is 0. The Balaban J connectivity index is 2.44. The second-order valence-electron chi connectivity index (χ2n) is 3.86. The molecule has 3 heteroatoms. The van der Waals surface area contributed by atoms with Crippen molar-refractivity contribution in [1.29, 1.82) is 5.26 Å². The minimum Gasteiger partial charge on any atom is -0.491 e. The van der Waals surface area contributed by atoms with Gasteiger partial charge < -0.3 is 9.47 Å². The van der Waals surface area contributed by atoms with Gasteiger partial charge in [-0.2, -0.15) is 5.26 Å². The highest BCUT2D eigenvalue weighted by Gasteiger charge is 2.00. The van der Waals surface area contributed by atoms with Crippen LogP contribution in [0.25, 0.3) is 0 Å². The Bertz CT molecular complexity index is 380. The number of aryl methyl sites for hydroxylation is 1. The highest BCUT2D eigenvalue weighted by molar-refractivity contribution is 5.41. The summed E-state index contributed by atoms with van der Waals surface area (Å²) in [6.07, 6.45) is 0.228. The van der Waals surface area contributed by atoms with Gasteiger partial charge in [-0.15, -0.1) is 0 Å². The lowest BCUT2D eigenvalue weighted by Gasteiger charge is -2.09. The first-order chi connectivity index (χ1) is 7.63. The monoisotopic (exact) mass is 219 g/mol. The van der Waals surface area contributed by atoms with Crippen molar-refractivity contribution >= 4 is 0 Å². The van der Waals surface area contributed by atoms with E-state index in [-0.39, 0.29) is 6.10 Å². The van der Waals surface area contributed by atoms with Gasteiger partial charge in [-0.1, -0.05) is 0 Å². The molecule has 0 heterocycles. The lowest BCUT2D eigenvalue weighted by Crippen LogP contribution is -2.11. The molecule has 0 amide bonds. The number of ether oxygens (including phenoxy) is 2. The van der Waals surface area contributed by atoms with E-state index in [1.54, 1.807) is 12.1 Å². The maximum absolute atomic E-state index is 8.77. The summed E-state index contributed by atoms with van der Waals surface area (Å²) in [5.41, 5.74) is 1.62. The number of rotatable bonds is 5. The SMILES string of the molecule is Cc1cc(OCCOC(C)C)ccc1C#N. The van der Waals surface area contributed by atoms with Crippen LogP contribution in [0.15, 0.2) is 18.2 Å². The number of nitrogens with zero attached hydrogens (tertiary/aromatic N) is 1. The van der Waals surface area contributed by atoms with E-state index in [9.17, 15) is 0 Å². The molecule has 0 unspecified atom stereocenters. The Morgan fingerprint density at radius 3 is 2.62 bits per heavy atom. The van der Waals surface area contributed by atoms with Gasteiger partial charge in [0.25, 0.3) is 0 Å². The zero-order chi connectivity index (χ0) is 12.0. The molecule has 0 radical (unpaired) electrons. The summed E-state index contributed by atoms with van der Waals surface area (Å²) >= 11 is 0. The Morgan fingerprint density at radius 2 is 2.06 bits per heavy atom. The van der Waals surface area contributed by atoms with Gasteiger partial charge in [-0.05, 0) is 44.5 Å². The van der Waals surface area contributed by atoms with E-state index in [1.165, 1.54) is 0 Å². The predicted octanol–water partition coefficient (Wildman–Crippen LogP) is 2.67. The van der Waals surface area contributed by atoms with Crippen LogP contribution in [0.4, 0.5) is 0 Å². The highest BCUT2D eigenvalue weighted by Crippen LogP contribution is 2.16. The van der Waals surface area contributed by atoms with E-state index in [0.717, 1.165) is 11.3 Å². The molecule has 0 saturated heterocycles. The predicted molar refractivity (Wildman–Crippen MR) is 62.5 cm³/mol. The van der Waals surface area contributed by atoms with Crippen LogP contribution in [-0.4, -0.2) is 19.3 Å². The van der Waals surface area contributed by atoms with E-state index in [0.29, 0.717) is 18.8 Å². The summed E-state index contributed by atoms with van der Waals surface area (Å²) < 4.78 is 10.9. The van der Waals surface area contributed by atoms with Crippen LogP contribution in [0.5, 0.6) is 5.75 Å². The molecule has 1 aromatic rings. The highest BCUT2D eigenvalue weighted by atomic mass is 16.5. The largest absolute Gasteiger partial charge is 0.491 e. The molecule has 1 aromatic carbocycles. The van der Waals surface area contributed by atoms with E-state index in [2.05, 4.69) is 6.07 Å². The Morgan fingerprint density at radius 1 is 1.31 bits per heavy atom. The third kappa shape index (κ3) is 3.92. The summed E-state index contributed by atoms with van der Waals surface area (Å²) in [5, 5.41) is 8.77. The third-order valence-corrected chi connectivity index (χ3v) is 2.12. The molecule has 1 rings (SSSR count). The van der Waals surface area contributed by atoms with Crippen molar-refractivity contribution in [2.24, 2.45) is 0 Å². The Labute approximate surface area is 96.6 Å². The molecular weight excluding hydrogens is 202 g/mol. The van der Waals surface area contributed by atoms with Gasteiger partial charge in [-0.25, -0.2) is 0 Å². The molecule has 0 N–H and O–H groups in total. The van der Waals surface area contributed by atoms with Crippen molar-refractivity contribution < 1.29 is 9.47 Å². The fraction of sp³-hybridized carbons (Fsp3) is 0.462. The molecule has 0 fully saturated rings. The van der Waals surface area contributed by atoms with Gasteiger partial charge in [0.05, 0.1) is 24.3 Å². The summed E-state index contributed by atoms with van der Waals surface area (Å²) in [5.74, 6) is 0.781. The number of nitriles is 1. The van der Waals surface area contributed by atoms with Gasteiger partial charge in [0.2, 0.25) is 0 Å². The Hall–Kier alpha value is -1.53. The first-order valence-corrected chi connectivity index (χ1v) is 5.38. The van der Waals surface area contributed by atoms with Crippen molar-refractivity contribution in [3.05, 3.63) is 29.3 Å². The van der Waals surface area contributed by atoms with E-state index in [4.69, 9.17) is 14.7 Å². The van der Waals surface area contributed by atoms with Crippen molar-refractivity contribution in [3.63, 3.8) is 0 Å². The second kappa shape index (κ2) is 6.14. The standard InChI is InChI=1S/C13H17NO2/c1-10(2)15-6-7-16-13-5-4-12(9-14)11(3)8-13/h4-5,8,10H,6-7H2,1-3H3. The average molecular weight is 219 g/mol. The zero-order valence-corrected chi connectivity index (χ0v) is 9.99. The molecule has 0 aromatic heterocycles. The van der Waals surface area contributed by atoms with E-state index < -0.39 is 0 Å². The van der Waals surface area contributed by atoms with E-state index in [1.807, 2.05) is 26.8 Å². The van der Waals surface area contributed by atoms with Gasteiger partial charge in [-0.3, -0.25) is 0 Å². The summed E-state index contributed by atoms with van der Waals surface area (Å²) in [6.45, 7) is 6.99. The minimum absolute atomic E-state index is 0.228. The molecule has 86 valence electrons. The van der Waals surface area contributed by atoms with E-state index >= 15 is 0 Å². The van der Waals surface area contributed by atoms with Crippen molar-refractivity contribution in [2.75, 3.05) is 13.2 Å². The third-order valence-electron chi connectivity index (χ3n) is 2.12. The van der Waals surface area contributed by atoms with Crippen LogP contribution in [0.1, 0.15) is 25.0 Å². The van der Waals surface area contributed by atoms with Gasteiger partial charge in [0.1, 0.15) is 12.4 Å². The summed E-state index contributed by atoms with van der Waals surface area (Å²) in [7, 11) is 0. The maximum Gasteiger partial charge on any atom is 0.119 e. The molecule has 0 saturated carbocycles. The molecule has 0 bridgehead atoms. The fourth-order valence-corrected chi connectivity index (χ4v) is 1.29. The second-order valence-corrected chi connectivity index (χ2v) is 3.86. The van der Waals surface area contributed by atoms with Crippen LogP contribution >= 0.6 is 0 Å². The molecule has 0 spiro atoms. The summed E-state index contributed by atoms with van der Waals surface area (Å²) in [6, 6.07) is 7.57. The molecule has 0 atom stereocenters. The lowest BCUT2D eigenvalue weighted by molar-refractivity contribution is 0.0552. The van der Waals surface area contributed by atoms with Gasteiger partial charge in [0, 0.05) is 0 Å². The lowest BCUT2D eigenvalue weighted by atomic mass is 10.1. The molecule has 0 aliphatic heterocycles. The maximum atomic E-state index is 8.77. The van der Waals surface area contributed by atoms with Gasteiger partial charge in [0.15, 0.2) is 0 Å². The summed E-state index contributed by atoms with van der Waals surface area (Å²) in [4.78, 5) is 0. The first-order valence-electron chi connectivity index (χ1n) is 5.38. The van der Waals surface area contributed by atoms with Crippen LogP contribution in [0, 0.1) is 18.3 Å². The molecule has 0 aliphatic rings. The Kier molecular flexibility index (Phi) is 4.81. The molecular formula is C13H17NO2. The van der Waals surface area contributed by atoms with Crippen LogP contribution in [-0.2, 0) is 4.74 Å². The first kappa shape index (κ1) is 12.5. The van der Waals surface area contributed by atoms with Crippen molar-refractivity contribution in [1.82, 2.24) is 0 Å². The smallest absolute Gasteiger partial charge is 0.119 e. The minimum atomic E-state index is 0.228. The molecule has 0 aliphatic carbocycles. The zero-order valence-electron chi connectivity index (χ0n) is 9.99. The average Bonchev–Trinajstić information content (AvgIpc) is 2.24. The van der Waals surface area contributed by atoms with Gasteiger partial charge >= 0.3 is 0 Å². The quantitative estimate of drug-likeness (QED) is 0.715. The van der Waals surface area contributed by atoms with Crippen molar-refractivity contribution in [2.45, 2.75) is 26.9 Å². The van der Waals surface area contributed by atoms with Crippen LogP contribution in [0.3, 0.4) is 0 Å². The van der Waals surface area contributed by atoms with Crippen molar-refractivity contribution in [3.8, 4) is 11.8 Å². The molecule has 3 nitrogen and oxygen atoms in total. The topological polar surface area (TPSA) is 42.2 Å². The normalized spacial score (nSPS) is 10.2. The van der Waals surface area contributed by atoms with Crippen LogP contribution < -0.4 is 4.74 Å². The number of hydrogen-bond acceptors (Lipinski definition) is 3.